The average Bonchev–Trinajstić information content (AvgIpc) is 2.79. The van der Waals surface area contributed by atoms with Crippen LogP contribution in [0, 0.1) is 10.1 Å². The maximum absolute atomic E-state index is 10.7. The van der Waals surface area contributed by atoms with Gasteiger partial charge < -0.3 is 20.2 Å². The minimum atomic E-state index is -0.471. The zero-order valence-corrected chi connectivity index (χ0v) is 11.0. The van der Waals surface area contributed by atoms with E-state index in [1.165, 1.54) is 18.2 Å². The predicted octanol–water partition coefficient (Wildman–Crippen LogP) is 1.12. The first-order chi connectivity index (χ1) is 9.56. The molecule has 2 rings (SSSR count). The number of oxazole rings is 1. The van der Waals surface area contributed by atoms with Gasteiger partial charge in [-0.3, -0.25) is 10.1 Å². The van der Waals surface area contributed by atoms with E-state index in [9.17, 15) is 10.1 Å². The Morgan fingerprint density at radius 2 is 2.30 bits per heavy atom. The standard InChI is InChI=1S/C12H16N4O4/c1-8(17)7-13-4-5-14-12-15-10-6-9(16(18)19)2-3-11(10)20-12/h2-3,6,8,13,17H,4-5,7H2,1H3,(H,14,15). The lowest BCUT2D eigenvalue weighted by Crippen LogP contribution is -2.28. The van der Waals surface area contributed by atoms with Crippen molar-refractivity contribution in [2.45, 2.75) is 13.0 Å². The Balaban J connectivity index is 1.93. The smallest absolute Gasteiger partial charge is 0.295 e. The Kier molecular flexibility index (Phi) is 4.49. The maximum atomic E-state index is 10.7. The van der Waals surface area contributed by atoms with Gasteiger partial charge >= 0.3 is 0 Å². The molecular weight excluding hydrogens is 264 g/mol. The summed E-state index contributed by atoms with van der Waals surface area (Å²) in [6, 6.07) is 4.59. The monoisotopic (exact) mass is 280 g/mol. The van der Waals surface area contributed by atoms with E-state index in [-0.39, 0.29) is 11.8 Å². The van der Waals surface area contributed by atoms with Crippen LogP contribution in [0.4, 0.5) is 11.7 Å². The molecule has 8 nitrogen and oxygen atoms in total. The minimum Gasteiger partial charge on any atom is -0.424 e. The van der Waals surface area contributed by atoms with Gasteiger partial charge in [-0.2, -0.15) is 4.98 Å². The molecule has 1 unspecified atom stereocenters. The van der Waals surface area contributed by atoms with E-state index >= 15 is 0 Å². The lowest BCUT2D eigenvalue weighted by molar-refractivity contribution is -0.384. The van der Waals surface area contributed by atoms with Gasteiger partial charge in [0.1, 0.15) is 5.52 Å². The van der Waals surface area contributed by atoms with Crippen molar-refractivity contribution in [3.05, 3.63) is 28.3 Å². The third-order valence-electron chi connectivity index (χ3n) is 2.60. The van der Waals surface area contributed by atoms with Crippen molar-refractivity contribution in [1.29, 1.82) is 0 Å². The number of aliphatic hydroxyl groups is 1. The van der Waals surface area contributed by atoms with Crippen molar-refractivity contribution < 1.29 is 14.4 Å². The summed E-state index contributed by atoms with van der Waals surface area (Å²) < 4.78 is 5.41. The molecular formula is C12H16N4O4. The number of nitrogens with zero attached hydrogens (tertiary/aromatic N) is 2. The van der Waals surface area contributed by atoms with Crippen LogP contribution in [0.1, 0.15) is 6.92 Å². The molecule has 8 heteroatoms. The largest absolute Gasteiger partial charge is 0.424 e. The molecule has 0 aliphatic rings. The summed E-state index contributed by atoms with van der Waals surface area (Å²) in [7, 11) is 0. The number of nitro groups is 1. The Morgan fingerprint density at radius 1 is 1.50 bits per heavy atom. The zero-order chi connectivity index (χ0) is 14.5. The number of anilines is 1. The van der Waals surface area contributed by atoms with Gasteiger partial charge in [0.15, 0.2) is 5.58 Å². The average molecular weight is 280 g/mol. The molecule has 0 saturated heterocycles. The van der Waals surface area contributed by atoms with E-state index in [0.717, 1.165) is 0 Å². The molecule has 0 spiro atoms. The van der Waals surface area contributed by atoms with E-state index in [4.69, 9.17) is 9.52 Å². The summed E-state index contributed by atoms with van der Waals surface area (Å²) in [5, 5.41) is 25.7. The number of fused-ring (bicyclic) bond motifs is 1. The highest BCUT2D eigenvalue weighted by atomic mass is 16.6. The first-order valence-electron chi connectivity index (χ1n) is 6.24. The highest BCUT2D eigenvalue weighted by Crippen LogP contribution is 2.23. The van der Waals surface area contributed by atoms with Crippen molar-refractivity contribution in [1.82, 2.24) is 10.3 Å². The highest BCUT2D eigenvalue weighted by Gasteiger charge is 2.11. The number of hydrogen-bond acceptors (Lipinski definition) is 7. The second-order valence-corrected chi connectivity index (χ2v) is 4.41. The molecule has 0 radical (unpaired) electrons. The van der Waals surface area contributed by atoms with Crippen LogP contribution in [0.25, 0.3) is 11.1 Å². The fourth-order valence-electron chi connectivity index (χ4n) is 1.67. The van der Waals surface area contributed by atoms with Crippen molar-refractivity contribution >= 4 is 22.8 Å². The molecule has 0 saturated carbocycles. The molecule has 1 aromatic carbocycles. The third-order valence-corrected chi connectivity index (χ3v) is 2.60. The Hall–Kier alpha value is -2.19. The number of nitrogens with one attached hydrogen (secondary N) is 2. The molecule has 0 fully saturated rings. The number of nitro benzene ring substituents is 1. The van der Waals surface area contributed by atoms with Gasteiger partial charge in [0.25, 0.3) is 11.7 Å². The maximum Gasteiger partial charge on any atom is 0.295 e. The van der Waals surface area contributed by atoms with Crippen LogP contribution >= 0.6 is 0 Å². The van der Waals surface area contributed by atoms with Gasteiger partial charge in [0, 0.05) is 31.8 Å². The summed E-state index contributed by atoms with van der Waals surface area (Å²) in [6.45, 7) is 3.43. The summed E-state index contributed by atoms with van der Waals surface area (Å²) in [6.07, 6.45) is -0.389. The molecule has 0 amide bonds. The van der Waals surface area contributed by atoms with Gasteiger partial charge in [0.2, 0.25) is 0 Å². The topological polar surface area (TPSA) is 113 Å². The summed E-state index contributed by atoms with van der Waals surface area (Å²) in [5.41, 5.74) is 0.921. The molecule has 1 aromatic heterocycles. The summed E-state index contributed by atoms with van der Waals surface area (Å²) in [5.74, 6) is 0. The van der Waals surface area contributed by atoms with Gasteiger partial charge in [-0.25, -0.2) is 0 Å². The van der Waals surface area contributed by atoms with E-state index in [0.29, 0.717) is 36.7 Å². The number of aromatic nitrogens is 1. The van der Waals surface area contributed by atoms with E-state index in [1.807, 2.05) is 0 Å². The molecule has 1 heterocycles. The third kappa shape index (κ3) is 3.65. The molecule has 1 atom stereocenters. The number of hydrogen-bond donors (Lipinski definition) is 3. The molecule has 2 aromatic rings. The Bertz CT molecular complexity index is 596. The zero-order valence-electron chi connectivity index (χ0n) is 11.0. The number of benzene rings is 1. The van der Waals surface area contributed by atoms with E-state index in [2.05, 4.69) is 15.6 Å². The van der Waals surface area contributed by atoms with Crippen molar-refractivity contribution in [2.75, 3.05) is 25.0 Å². The predicted molar refractivity (Wildman–Crippen MR) is 73.7 cm³/mol. The summed E-state index contributed by atoms with van der Waals surface area (Å²) in [4.78, 5) is 14.3. The Labute approximate surface area is 114 Å². The van der Waals surface area contributed by atoms with Crippen LogP contribution < -0.4 is 10.6 Å². The fraction of sp³-hybridized carbons (Fsp3) is 0.417. The van der Waals surface area contributed by atoms with Crippen LogP contribution in [-0.2, 0) is 0 Å². The summed E-state index contributed by atoms with van der Waals surface area (Å²) >= 11 is 0. The second-order valence-electron chi connectivity index (χ2n) is 4.41. The lowest BCUT2D eigenvalue weighted by Gasteiger charge is -2.06. The number of non-ortho nitro benzene ring substituents is 1. The number of rotatable bonds is 7. The SMILES string of the molecule is CC(O)CNCCNc1nc2cc([N+](=O)[O-])ccc2o1. The quantitative estimate of drug-likeness (QED) is 0.395. The van der Waals surface area contributed by atoms with Gasteiger partial charge in [0.05, 0.1) is 11.0 Å². The van der Waals surface area contributed by atoms with Crippen molar-refractivity contribution in [3.63, 3.8) is 0 Å². The first kappa shape index (κ1) is 14.2. The highest BCUT2D eigenvalue weighted by molar-refractivity contribution is 5.77. The molecule has 0 aliphatic heterocycles. The minimum absolute atomic E-state index is 0.0176. The van der Waals surface area contributed by atoms with Crippen molar-refractivity contribution in [2.24, 2.45) is 0 Å². The van der Waals surface area contributed by atoms with Crippen molar-refractivity contribution in [3.8, 4) is 0 Å². The second kappa shape index (κ2) is 6.31. The van der Waals surface area contributed by atoms with Crippen LogP contribution in [0.5, 0.6) is 0 Å². The van der Waals surface area contributed by atoms with Crippen LogP contribution in [0.3, 0.4) is 0 Å². The molecule has 3 N–H and O–H groups in total. The normalized spacial score (nSPS) is 12.5. The van der Waals surface area contributed by atoms with Crippen LogP contribution in [-0.4, -0.2) is 40.8 Å². The first-order valence-corrected chi connectivity index (χ1v) is 6.24. The van der Waals surface area contributed by atoms with E-state index < -0.39 is 4.92 Å². The Morgan fingerprint density at radius 3 is 3.00 bits per heavy atom. The number of aliphatic hydroxyl groups excluding tert-OH is 1. The fourth-order valence-corrected chi connectivity index (χ4v) is 1.67. The molecule has 0 aliphatic carbocycles. The molecule has 20 heavy (non-hydrogen) atoms. The van der Waals surface area contributed by atoms with Crippen LogP contribution in [0.2, 0.25) is 0 Å². The van der Waals surface area contributed by atoms with E-state index in [1.54, 1.807) is 6.92 Å². The van der Waals surface area contributed by atoms with Crippen LogP contribution in [0.15, 0.2) is 22.6 Å². The molecule has 0 bridgehead atoms. The van der Waals surface area contributed by atoms with Gasteiger partial charge in [-0.05, 0) is 13.0 Å². The van der Waals surface area contributed by atoms with Gasteiger partial charge in [-0.15, -0.1) is 0 Å². The molecule has 108 valence electrons. The van der Waals surface area contributed by atoms with Gasteiger partial charge in [-0.1, -0.05) is 0 Å². The lowest BCUT2D eigenvalue weighted by atomic mass is 10.3.